The van der Waals surface area contributed by atoms with Crippen LogP contribution in [0.5, 0.6) is 0 Å². The van der Waals surface area contributed by atoms with Crippen LogP contribution in [0.3, 0.4) is 0 Å². The van der Waals surface area contributed by atoms with E-state index in [0.717, 1.165) is 0 Å². The Bertz CT molecular complexity index is 797. The molecular formula is C15H19FN4O5. The predicted octanol–water partition coefficient (Wildman–Crippen LogP) is 0.129. The number of nitrogens with zero attached hydrogens (tertiary/aromatic N) is 3. The molecule has 2 aromatic heterocycles. The van der Waals surface area contributed by atoms with Crippen molar-refractivity contribution in [3.05, 3.63) is 18.6 Å². The van der Waals surface area contributed by atoms with Gasteiger partial charge in [0.25, 0.3) is 5.85 Å². The molecule has 0 saturated carbocycles. The molecule has 3 heterocycles. The van der Waals surface area contributed by atoms with Gasteiger partial charge in [0.15, 0.2) is 12.8 Å². The minimum absolute atomic E-state index is 0.217. The second kappa shape index (κ2) is 6.21. The fourth-order valence-electron chi connectivity index (χ4n) is 2.62. The van der Waals surface area contributed by atoms with Crippen molar-refractivity contribution in [2.75, 3.05) is 12.3 Å². The first-order chi connectivity index (χ1) is 11.7. The molecule has 9 nitrogen and oxygen atoms in total. The van der Waals surface area contributed by atoms with Crippen molar-refractivity contribution in [3.63, 3.8) is 0 Å². The number of ether oxygens (including phenoxy) is 2. The molecule has 0 spiro atoms. The van der Waals surface area contributed by atoms with Gasteiger partial charge in [0.1, 0.15) is 30.0 Å². The van der Waals surface area contributed by atoms with Crippen molar-refractivity contribution in [2.24, 2.45) is 5.92 Å². The van der Waals surface area contributed by atoms with Gasteiger partial charge in [-0.1, -0.05) is 13.8 Å². The quantitative estimate of drug-likeness (QED) is 0.660. The van der Waals surface area contributed by atoms with Crippen LogP contribution in [-0.4, -0.2) is 55.4 Å². The Morgan fingerprint density at radius 1 is 1.52 bits per heavy atom. The number of esters is 1. The second-order valence-electron chi connectivity index (χ2n) is 6.21. The summed E-state index contributed by atoms with van der Waals surface area (Å²) in [6.07, 6.45) is -2.07. The highest BCUT2D eigenvalue weighted by atomic mass is 19.2. The summed E-state index contributed by atoms with van der Waals surface area (Å²) in [4.78, 5) is 19.4. The normalized spacial score (nSPS) is 29.4. The van der Waals surface area contributed by atoms with E-state index in [4.69, 9.17) is 15.2 Å². The molecule has 0 aliphatic carbocycles. The number of anilines is 1. The number of hydrogen-bond acceptors (Lipinski definition) is 8. The number of nitrogen functional groups attached to an aromatic ring is 1. The van der Waals surface area contributed by atoms with Gasteiger partial charge in [-0.2, -0.15) is 0 Å². The third-order valence-electron chi connectivity index (χ3n) is 4.07. The molecule has 0 unspecified atom stereocenters. The van der Waals surface area contributed by atoms with E-state index >= 15 is 0 Å². The van der Waals surface area contributed by atoms with Gasteiger partial charge in [-0.15, -0.1) is 0 Å². The molecule has 0 radical (unpaired) electrons. The topological polar surface area (TPSA) is 133 Å². The highest BCUT2D eigenvalue weighted by Crippen LogP contribution is 2.40. The van der Waals surface area contributed by atoms with Gasteiger partial charge in [-0.25, -0.2) is 14.4 Å². The zero-order valence-corrected chi connectivity index (χ0v) is 13.7. The zero-order valence-electron chi connectivity index (χ0n) is 13.7. The minimum Gasteiger partial charge on any atom is -0.459 e. The summed E-state index contributed by atoms with van der Waals surface area (Å²) < 4.78 is 26.3. The maximum absolute atomic E-state index is 14.9. The fraction of sp³-hybridized carbons (Fsp3) is 0.533. The Balaban J connectivity index is 1.86. The molecule has 4 atom stereocenters. The zero-order chi connectivity index (χ0) is 18.4. The highest BCUT2D eigenvalue weighted by Gasteiger charge is 2.57. The lowest BCUT2D eigenvalue weighted by Gasteiger charge is -2.23. The Kier molecular flexibility index (Phi) is 4.35. The van der Waals surface area contributed by atoms with Crippen molar-refractivity contribution >= 4 is 22.8 Å². The van der Waals surface area contributed by atoms with Gasteiger partial charge in [0.05, 0.1) is 11.3 Å². The lowest BCUT2D eigenvalue weighted by atomic mass is 10.1. The van der Waals surface area contributed by atoms with Crippen molar-refractivity contribution in [1.29, 1.82) is 0 Å². The molecule has 0 aromatic carbocycles. The van der Waals surface area contributed by atoms with Crippen molar-refractivity contribution in [3.8, 4) is 0 Å². The Morgan fingerprint density at radius 3 is 2.92 bits per heavy atom. The molecule has 0 amide bonds. The molecule has 10 heteroatoms. The summed E-state index contributed by atoms with van der Waals surface area (Å²) in [5.74, 6) is -3.63. The maximum atomic E-state index is 14.9. The van der Waals surface area contributed by atoms with Crippen LogP contribution < -0.4 is 5.73 Å². The number of aliphatic hydroxyl groups excluding tert-OH is 2. The monoisotopic (exact) mass is 354 g/mol. The van der Waals surface area contributed by atoms with Crippen LogP contribution in [0.1, 0.15) is 20.1 Å². The summed E-state index contributed by atoms with van der Waals surface area (Å²) in [5.41, 5.74) is 6.06. The van der Waals surface area contributed by atoms with E-state index in [1.54, 1.807) is 19.9 Å². The molecule has 1 aliphatic rings. The summed E-state index contributed by atoms with van der Waals surface area (Å²) in [5, 5.41) is 20.8. The lowest BCUT2D eigenvalue weighted by molar-refractivity contribution is -0.217. The van der Waals surface area contributed by atoms with Crippen molar-refractivity contribution in [1.82, 2.24) is 14.5 Å². The SMILES string of the molecule is CC(C)C(=O)OC[C@@]1(F)O[C@@H](n2ccc3c(N)ncnc32)[C@H](O)[C@@H]1O. The number of alkyl halides is 1. The van der Waals surface area contributed by atoms with Crippen LogP contribution in [0.2, 0.25) is 0 Å². The molecule has 1 aliphatic heterocycles. The van der Waals surface area contributed by atoms with E-state index in [1.807, 2.05) is 0 Å². The number of hydrogen-bond donors (Lipinski definition) is 3. The number of nitrogens with two attached hydrogens (primary N) is 1. The van der Waals surface area contributed by atoms with Crippen LogP contribution in [0.4, 0.5) is 10.2 Å². The maximum Gasteiger partial charge on any atom is 0.308 e. The number of aromatic nitrogens is 3. The third-order valence-corrected chi connectivity index (χ3v) is 4.07. The van der Waals surface area contributed by atoms with Crippen LogP contribution in [-0.2, 0) is 14.3 Å². The number of fused-ring (bicyclic) bond motifs is 1. The van der Waals surface area contributed by atoms with Crippen molar-refractivity contribution in [2.45, 2.75) is 38.1 Å². The van der Waals surface area contributed by atoms with E-state index in [-0.39, 0.29) is 5.82 Å². The molecule has 1 saturated heterocycles. The van der Waals surface area contributed by atoms with Crippen LogP contribution >= 0.6 is 0 Å². The first kappa shape index (κ1) is 17.5. The van der Waals surface area contributed by atoms with Gasteiger partial charge < -0.3 is 30.0 Å². The van der Waals surface area contributed by atoms with E-state index in [2.05, 4.69) is 9.97 Å². The molecule has 3 rings (SSSR count). The van der Waals surface area contributed by atoms with Crippen LogP contribution in [0.25, 0.3) is 11.0 Å². The molecule has 136 valence electrons. The van der Waals surface area contributed by atoms with Crippen LogP contribution in [0, 0.1) is 5.92 Å². The lowest BCUT2D eigenvalue weighted by Crippen LogP contribution is -2.43. The summed E-state index contributed by atoms with van der Waals surface area (Å²) in [6, 6.07) is 1.59. The summed E-state index contributed by atoms with van der Waals surface area (Å²) in [7, 11) is 0. The largest absolute Gasteiger partial charge is 0.459 e. The first-order valence-electron chi connectivity index (χ1n) is 7.71. The summed E-state index contributed by atoms with van der Waals surface area (Å²) in [6.45, 7) is 2.34. The molecule has 4 N–H and O–H groups in total. The molecule has 0 bridgehead atoms. The Morgan fingerprint density at radius 2 is 2.24 bits per heavy atom. The first-order valence-corrected chi connectivity index (χ1v) is 7.71. The molecule has 25 heavy (non-hydrogen) atoms. The number of rotatable bonds is 4. The summed E-state index contributed by atoms with van der Waals surface area (Å²) >= 11 is 0. The minimum atomic E-state index is -2.75. The number of carbonyl (C=O) groups is 1. The van der Waals surface area contributed by atoms with Gasteiger partial charge in [0, 0.05) is 6.20 Å². The number of aliphatic hydroxyl groups is 2. The van der Waals surface area contributed by atoms with Crippen molar-refractivity contribution < 1.29 is 28.9 Å². The van der Waals surface area contributed by atoms with E-state index in [1.165, 1.54) is 17.1 Å². The smallest absolute Gasteiger partial charge is 0.308 e. The van der Waals surface area contributed by atoms with Gasteiger partial charge in [0.2, 0.25) is 0 Å². The molecule has 1 fully saturated rings. The van der Waals surface area contributed by atoms with Gasteiger partial charge >= 0.3 is 5.97 Å². The Labute approximate surface area is 142 Å². The molecule has 2 aromatic rings. The average Bonchev–Trinajstić information content (AvgIpc) is 3.09. The average molecular weight is 354 g/mol. The molecular weight excluding hydrogens is 335 g/mol. The van der Waals surface area contributed by atoms with E-state index in [9.17, 15) is 19.4 Å². The fourth-order valence-corrected chi connectivity index (χ4v) is 2.62. The predicted molar refractivity (Wildman–Crippen MR) is 83.7 cm³/mol. The van der Waals surface area contributed by atoms with Gasteiger partial charge in [-0.3, -0.25) is 4.79 Å². The van der Waals surface area contributed by atoms with E-state index in [0.29, 0.717) is 11.0 Å². The number of carbonyl (C=O) groups excluding carboxylic acids is 1. The number of halogens is 1. The standard InChI is InChI=1S/C15H19FN4O5/c1-7(2)14(23)24-5-15(16)10(22)9(21)13(25-15)20-4-3-8-11(17)18-6-19-12(8)20/h3-4,6-7,9-10,13,21-22H,5H2,1-2H3,(H2,17,18,19)/t9-,10+,13-,15-/m1/s1. The Hall–Kier alpha value is -2.30. The third kappa shape index (κ3) is 2.92. The van der Waals surface area contributed by atoms with E-state index < -0.39 is 42.8 Å². The van der Waals surface area contributed by atoms with Gasteiger partial charge in [-0.05, 0) is 6.07 Å². The van der Waals surface area contributed by atoms with Crippen LogP contribution in [0.15, 0.2) is 18.6 Å². The second-order valence-corrected chi connectivity index (χ2v) is 6.21. The highest BCUT2D eigenvalue weighted by molar-refractivity contribution is 5.86.